The van der Waals surface area contributed by atoms with E-state index in [-0.39, 0.29) is 12.5 Å². The molecule has 0 aliphatic carbocycles. The molecule has 0 spiro atoms. The van der Waals surface area contributed by atoms with Crippen LogP contribution in [-0.4, -0.2) is 16.9 Å². The minimum absolute atomic E-state index is 0.113. The van der Waals surface area contributed by atoms with Gasteiger partial charge in [-0.15, -0.1) is 0 Å². The fourth-order valence-corrected chi connectivity index (χ4v) is 1.82. The molecule has 0 fully saturated rings. The summed E-state index contributed by atoms with van der Waals surface area (Å²) in [6.07, 6.45) is 0.380. The molecule has 0 saturated carbocycles. The van der Waals surface area contributed by atoms with Gasteiger partial charge in [0.2, 0.25) is 6.10 Å². The predicted octanol–water partition coefficient (Wildman–Crippen LogP) is 3.07. The van der Waals surface area contributed by atoms with Crippen LogP contribution in [-0.2, 0) is 25.7 Å². The first-order valence-corrected chi connectivity index (χ1v) is 7.40. The van der Waals surface area contributed by atoms with E-state index in [1.807, 2.05) is 30.3 Å². The molecule has 5 nitrogen and oxygen atoms in total. The van der Waals surface area contributed by atoms with Crippen LogP contribution in [0.3, 0.4) is 0 Å². The van der Waals surface area contributed by atoms with E-state index in [0.717, 1.165) is 5.56 Å². The number of nitrogens with zero attached hydrogens (tertiary/aromatic N) is 1. The van der Waals surface area contributed by atoms with Crippen LogP contribution in [0.4, 0.5) is 0 Å². The van der Waals surface area contributed by atoms with Crippen LogP contribution in [0.15, 0.2) is 54.7 Å². The van der Waals surface area contributed by atoms with Crippen molar-refractivity contribution in [3.8, 4) is 0 Å². The molecular formula is C18H19NO4. The number of benzene rings is 1. The third-order valence-corrected chi connectivity index (χ3v) is 3.10. The molecule has 0 radical (unpaired) electrons. The van der Waals surface area contributed by atoms with E-state index in [9.17, 15) is 9.59 Å². The first kappa shape index (κ1) is 16.7. The lowest BCUT2D eigenvalue weighted by Crippen LogP contribution is -2.25. The number of pyridine rings is 1. The smallest absolute Gasteiger partial charge is 0.354 e. The quantitative estimate of drug-likeness (QED) is 0.767. The Bertz CT molecular complexity index is 641. The molecule has 1 unspecified atom stereocenters. The molecule has 5 heteroatoms. The molecule has 23 heavy (non-hydrogen) atoms. The standard InChI is InChI=1S/C18H19NO4/c1-13(2)17(20)23-16(15-10-6-7-11-19-15)18(21)22-12-14-8-4-3-5-9-14/h3-11,13,16H,12H2,1-2H3. The number of carbonyl (C=O) groups excluding carboxylic acids is 2. The molecule has 0 bridgehead atoms. The largest absolute Gasteiger partial charge is 0.458 e. The number of esters is 2. The summed E-state index contributed by atoms with van der Waals surface area (Å²) >= 11 is 0. The molecule has 1 heterocycles. The third kappa shape index (κ3) is 4.92. The van der Waals surface area contributed by atoms with Crippen molar-refractivity contribution in [1.29, 1.82) is 0 Å². The molecule has 0 saturated heterocycles. The maximum Gasteiger partial charge on any atom is 0.354 e. The first-order chi connectivity index (χ1) is 11.1. The van der Waals surface area contributed by atoms with Crippen molar-refractivity contribution in [3.63, 3.8) is 0 Å². The second-order valence-corrected chi connectivity index (χ2v) is 5.32. The minimum atomic E-state index is -1.16. The monoisotopic (exact) mass is 313 g/mol. The molecule has 120 valence electrons. The molecule has 2 rings (SSSR count). The van der Waals surface area contributed by atoms with Crippen molar-refractivity contribution in [2.75, 3.05) is 0 Å². The summed E-state index contributed by atoms with van der Waals surface area (Å²) < 4.78 is 10.5. The van der Waals surface area contributed by atoms with Gasteiger partial charge >= 0.3 is 11.9 Å². The topological polar surface area (TPSA) is 65.5 Å². The lowest BCUT2D eigenvalue weighted by molar-refractivity contribution is -0.171. The molecule has 1 atom stereocenters. The number of rotatable bonds is 6. The van der Waals surface area contributed by atoms with Gasteiger partial charge in [0.05, 0.1) is 11.6 Å². The molecule has 0 aliphatic rings. The van der Waals surface area contributed by atoms with E-state index in [1.54, 1.807) is 32.0 Å². The lowest BCUT2D eigenvalue weighted by Gasteiger charge is -2.17. The highest BCUT2D eigenvalue weighted by Crippen LogP contribution is 2.19. The summed E-state index contributed by atoms with van der Waals surface area (Å²) in [6.45, 7) is 3.52. The Morgan fingerprint density at radius 3 is 2.30 bits per heavy atom. The second kappa shape index (κ2) is 8.08. The SMILES string of the molecule is CC(C)C(=O)OC(C(=O)OCc1ccccc1)c1ccccn1. The molecule has 0 N–H and O–H groups in total. The van der Waals surface area contributed by atoms with Gasteiger partial charge in [-0.25, -0.2) is 4.79 Å². The molecule has 1 aromatic carbocycles. The lowest BCUT2D eigenvalue weighted by atomic mass is 10.2. The summed E-state index contributed by atoms with van der Waals surface area (Å²) in [5, 5.41) is 0. The van der Waals surface area contributed by atoms with E-state index in [0.29, 0.717) is 5.69 Å². The van der Waals surface area contributed by atoms with Gasteiger partial charge in [-0.05, 0) is 17.7 Å². The van der Waals surface area contributed by atoms with Crippen LogP contribution in [0.1, 0.15) is 31.2 Å². The number of ether oxygens (including phenoxy) is 2. The van der Waals surface area contributed by atoms with Crippen molar-refractivity contribution < 1.29 is 19.1 Å². The van der Waals surface area contributed by atoms with Gasteiger partial charge in [0.15, 0.2) is 0 Å². The molecule has 1 aromatic heterocycles. The fraction of sp³-hybridized carbons (Fsp3) is 0.278. The van der Waals surface area contributed by atoms with Gasteiger partial charge in [0, 0.05) is 6.20 Å². The zero-order chi connectivity index (χ0) is 16.7. The van der Waals surface area contributed by atoms with Gasteiger partial charge in [-0.1, -0.05) is 50.2 Å². The van der Waals surface area contributed by atoms with Gasteiger partial charge in [0.1, 0.15) is 6.61 Å². The highest BCUT2D eigenvalue weighted by atomic mass is 16.6. The Morgan fingerprint density at radius 2 is 1.70 bits per heavy atom. The Labute approximate surface area is 135 Å². The second-order valence-electron chi connectivity index (χ2n) is 5.32. The van der Waals surface area contributed by atoms with Crippen LogP contribution in [0, 0.1) is 5.92 Å². The number of hydrogen-bond donors (Lipinski definition) is 0. The average Bonchev–Trinajstić information content (AvgIpc) is 2.59. The third-order valence-electron chi connectivity index (χ3n) is 3.10. The molecule has 0 aliphatic heterocycles. The van der Waals surface area contributed by atoms with E-state index >= 15 is 0 Å². The number of aromatic nitrogens is 1. The van der Waals surface area contributed by atoms with Gasteiger partial charge in [-0.3, -0.25) is 9.78 Å². The fourth-order valence-electron chi connectivity index (χ4n) is 1.82. The van der Waals surface area contributed by atoms with E-state index in [2.05, 4.69) is 4.98 Å². The van der Waals surface area contributed by atoms with Gasteiger partial charge in [0.25, 0.3) is 0 Å². The van der Waals surface area contributed by atoms with Gasteiger partial charge in [-0.2, -0.15) is 0 Å². The van der Waals surface area contributed by atoms with E-state index in [4.69, 9.17) is 9.47 Å². The van der Waals surface area contributed by atoms with Crippen molar-refractivity contribution in [2.24, 2.45) is 5.92 Å². The van der Waals surface area contributed by atoms with E-state index in [1.165, 1.54) is 6.20 Å². The van der Waals surface area contributed by atoms with Crippen LogP contribution in [0.25, 0.3) is 0 Å². The van der Waals surface area contributed by atoms with E-state index < -0.39 is 18.0 Å². The summed E-state index contributed by atoms with van der Waals surface area (Å²) in [5.41, 5.74) is 1.20. The zero-order valence-electron chi connectivity index (χ0n) is 13.1. The Kier molecular flexibility index (Phi) is 5.86. The number of carbonyl (C=O) groups is 2. The molecule has 0 amide bonds. The Balaban J connectivity index is 2.09. The normalized spacial score (nSPS) is 11.8. The van der Waals surface area contributed by atoms with Crippen LogP contribution < -0.4 is 0 Å². The van der Waals surface area contributed by atoms with Gasteiger partial charge < -0.3 is 9.47 Å². The minimum Gasteiger partial charge on any atom is -0.458 e. The van der Waals surface area contributed by atoms with Crippen molar-refractivity contribution >= 4 is 11.9 Å². The zero-order valence-corrected chi connectivity index (χ0v) is 13.1. The highest BCUT2D eigenvalue weighted by molar-refractivity contribution is 5.81. The number of hydrogen-bond acceptors (Lipinski definition) is 5. The Morgan fingerprint density at radius 1 is 1.00 bits per heavy atom. The van der Waals surface area contributed by atoms with Crippen LogP contribution in [0.5, 0.6) is 0 Å². The van der Waals surface area contributed by atoms with Crippen molar-refractivity contribution in [2.45, 2.75) is 26.6 Å². The first-order valence-electron chi connectivity index (χ1n) is 7.40. The predicted molar refractivity (Wildman–Crippen MR) is 84.1 cm³/mol. The maximum absolute atomic E-state index is 12.3. The summed E-state index contributed by atoms with van der Waals surface area (Å²) in [4.78, 5) is 28.3. The summed E-state index contributed by atoms with van der Waals surface area (Å²) in [6, 6.07) is 14.4. The highest BCUT2D eigenvalue weighted by Gasteiger charge is 2.28. The average molecular weight is 313 g/mol. The molecule has 2 aromatic rings. The van der Waals surface area contributed by atoms with Crippen LogP contribution in [0.2, 0.25) is 0 Å². The van der Waals surface area contributed by atoms with Crippen molar-refractivity contribution in [1.82, 2.24) is 4.98 Å². The summed E-state index contributed by atoms with van der Waals surface area (Å²) in [7, 11) is 0. The Hall–Kier alpha value is -2.69. The van der Waals surface area contributed by atoms with Crippen LogP contribution >= 0.6 is 0 Å². The molecular weight excluding hydrogens is 294 g/mol. The maximum atomic E-state index is 12.3. The summed E-state index contributed by atoms with van der Waals surface area (Å²) in [5.74, 6) is -1.46. The van der Waals surface area contributed by atoms with Crippen molar-refractivity contribution in [3.05, 3.63) is 66.0 Å².